The van der Waals surface area contributed by atoms with Crippen LogP contribution < -0.4 is 0 Å². The molecule has 0 atom stereocenters. The Kier molecular flexibility index (Phi) is 3.94. The molecule has 0 unspecified atom stereocenters. The molecule has 0 aliphatic carbocycles. The van der Waals surface area contributed by atoms with Crippen molar-refractivity contribution in [2.24, 2.45) is 0 Å². The van der Waals surface area contributed by atoms with Crippen molar-refractivity contribution in [1.82, 2.24) is 0 Å². The Morgan fingerprint density at radius 1 is 1.35 bits per heavy atom. The van der Waals surface area contributed by atoms with Gasteiger partial charge in [0.05, 0.1) is 12.9 Å². The molecular weight excluding hydrogens is 425 g/mol. The highest BCUT2D eigenvalue weighted by atomic mass is 127. The van der Waals surface area contributed by atoms with Gasteiger partial charge in [0.15, 0.2) is 11.6 Å². The van der Waals surface area contributed by atoms with Crippen LogP contribution in [0.4, 0.5) is 8.78 Å². The van der Waals surface area contributed by atoms with E-state index >= 15 is 0 Å². The number of hydrogen-bond acceptors (Lipinski definition) is 2. The van der Waals surface area contributed by atoms with Crippen molar-refractivity contribution in [3.05, 3.63) is 53.7 Å². The Morgan fingerprint density at radius 3 is 2.65 bits per heavy atom. The standard InChI is InChI=1S/C11H4BrF2IOS/c12-6-1-2-7(13)9(10(6)14)11(16)5-3-8(15)17-4-5/h1-4H. The van der Waals surface area contributed by atoms with E-state index in [9.17, 15) is 13.6 Å². The summed E-state index contributed by atoms with van der Waals surface area (Å²) in [5.41, 5.74) is -0.219. The van der Waals surface area contributed by atoms with Gasteiger partial charge in [0.1, 0.15) is 5.82 Å². The summed E-state index contributed by atoms with van der Waals surface area (Å²) in [5, 5.41) is 1.59. The summed E-state index contributed by atoms with van der Waals surface area (Å²) >= 11 is 6.33. The highest BCUT2D eigenvalue weighted by molar-refractivity contribution is 14.1. The van der Waals surface area contributed by atoms with Crippen LogP contribution in [-0.2, 0) is 0 Å². The molecule has 0 saturated heterocycles. The zero-order valence-electron chi connectivity index (χ0n) is 8.14. The van der Waals surface area contributed by atoms with Gasteiger partial charge < -0.3 is 0 Å². The first-order valence-corrected chi connectivity index (χ1v) is 7.18. The van der Waals surface area contributed by atoms with E-state index in [1.165, 1.54) is 17.4 Å². The molecule has 17 heavy (non-hydrogen) atoms. The Morgan fingerprint density at radius 2 is 2.06 bits per heavy atom. The average Bonchev–Trinajstić information content (AvgIpc) is 2.71. The third-order valence-electron chi connectivity index (χ3n) is 2.10. The highest BCUT2D eigenvalue weighted by Gasteiger charge is 2.21. The lowest BCUT2D eigenvalue weighted by Gasteiger charge is -2.04. The summed E-state index contributed by atoms with van der Waals surface area (Å²) in [4.78, 5) is 12.0. The number of carbonyl (C=O) groups excluding carboxylic acids is 1. The van der Waals surface area contributed by atoms with Crippen molar-refractivity contribution in [3.8, 4) is 0 Å². The Labute approximate surface area is 122 Å². The van der Waals surface area contributed by atoms with Gasteiger partial charge >= 0.3 is 0 Å². The molecule has 0 spiro atoms. The first-order valence-electron chi connectivity index (χ1n) is 4.43. The SMILES string of the molecule is O=C(c1csc(I)c1)c1c(F)ccc(Br)c1F. The monoisotopic (exact) mass is 428 g/mol. The lowest BCUT2D eigenvalue weighted by molar-refractivity contribution is 0.103. The van der Waals surface area contributed by atoms with Gasteiger partial charge in [-0.15, -0.1) is 11.3 Å². The number of benzene rings is 1. The fourth-order valence-corrected chi connectivity index (χ4v) is 2.97. The minimum absolute atomic E-state index is 0.0761. The molecule has 0 N–H and O–H groups in total. The van der Waals surface area contributed by atoms with E-state index in [2.05, 4.69) is 15.9 Å². The number of thiophene rings is 1. The molecule has 0 saturated carbocycles. The number of halogens is 4. The van der Waals surface area contributed by atoms with Gasteiger partial charge in [-0.3, -0.25) is 4.79 Å². The molecule has 0 amide bonds. The summed E-state index contributed by atoms with van der Waals surface area (Å²) < 4.78 is 28.2. The van der Waals surface area contributed by atoms with Crippen LogP contribution in [0.25, 0.3) is 0 Å². The maximum atomic E-state index is 13.7. The molecule has 1 aromatic heterocycles. The zero-order valence-corrected chi connectivity index (χ0v) is 12.7. The first-order chi connectivity index (χ1) is 8.00. The van der Waals surface area contributed by atoms with E-state index in [0.717, 1.165) is 8.95 Å². The van der Waals surface area contributed by atoms with E-state index in [0.29, 0.717) is 5.56 Å². The molecule has 2 aromatic rings. The van der Waals surface area contributed by atoms with Crippen molar-refractivity contribution in [2.75, 3.05) is 0 Å². The molecule has 1 nitrogen and oxygen atoms in total. The number of ketones is 1. The second-order valence-corrected chi connectivity index (χ2v) is 6.85. The Bertz CT molecular complexity index is 597. The number of hydrogen-bond donors (Lipinski definition) is 0. The molecule has 88 valence electrons. The highest BCUT2D eigenvalue weighted by Crippen LogP contribution is 2.26. The summed E-state index contributed by atoms with van der Waals surface area (Å²) in [5.74, 6) is -2.35. The third kappa shape index (κ3) is 2.58. The largest absolute Gasteiger partial charge is 0.288 e. The summed E-state index contributed by atoms with van der Waals surface area (Å²) in [7, 11) is 0. The van der Waals surface area contributed by atoms with Crippen LogP contribution in [0.15, 0.2) is 28.1 Å². The summed E-state index contributed by atoms with van der Waals surface area (Å²) in [6.45, 7) is 0. The third-order valence-corrected chi connectivity index (χ3v) is 4.50. The number of rotatable bonds is 2. The van der Waals surface area contributed by atoms with Crippen LogP contribution in [0.3, 0.4) is 0 Å². The minimum atomic E-state index is -0.865. The molecule has 1 aromatic carbocycles. The molecule has 1 heterocycles. The fraction of sp³-hybridized carbons (Fsp3) is 0. The van der Waals surface area contributed by atoms with E-state index in [4.69, 9.17) is 0 Å². The molecule has 2 rings (SSSR count). The van der Waals surface area contributed by atoms with Crippen molar-refractivity contribution < 1.29 is 13.6 Å². The lowest BCUT2D eigenvalue weighted by atomic mass is 10.1. The van der Waals surface area contributed by atoms with Crippen LogP contribution >= 0.6 is 49.9 Å². The Balaban J connectivity index is 2.54. The molecular formula is C11H4BrF2IOS. The van der Waals surface area contributed by atoms with Crippen LogP contribution in [0.1, 0.15) is 15.9 Å². The Hall–Kier alpha value is -0.340. The van der Waals surface area contributed by atoms with Crippen LogP contribution in [0, 0.1) is 14.5 Å². The first kappa shape index (κ1) is 13.1. The molecule has 0 bridgehead atoms. The van der Waals surface area contributed by atoms with E-state index in [1.54, 1.807) is 11.4 Å². The van der Waals surface area contributed by atoms with Gasteiger partial charge in [0.25, 0.3) is 0 Å². The lowest BCUT2D eigenvalue weighted by Crippen LogP contribution is -2.07. The van der Waals surface area contributed by atoms with Crippen molar-refractivity contribution in [3.63, 3.8) is 0 Å². The van der Waals surface area contributed by atoms with Crippen LogP contribution in [0.2, 0.25) is 0 Å². The average molecular weight is 429 g/mol. The fourth-order valence-electron chi connectivity index (χ4n) is 1.31. The molecule has 6 heteroatoms. The minimum Gasteiger partial charge on any atom is -0.288 e. The van der Waals surface area contributed by atoms with Crippen molar-refractivity contribution >= 4 is 55.6 Å². The summed E-state index contributed by atoms with van der Waals surface area (Å²) in [6.07, 6.45) is 0. The normalized spacial score (nSPS) is 10.6. The van der Waals surface area contributed by atoms with Gasteiger partial charge in [0, 0.05) is 10.9 Å². The van der Waals surface area contributed by atoms with Gasteiger partial charge in [-0.25, -0.2) is 8.78 Å². The molecule has 0 fully saturated rings. The van der Waals surface area contributed by atoms with E-state index in [-0.39, 0.29) is 4.47 Å². The quantitative estimate of drug-likeness (QED) is 0.387. The summed E-state index contributed by atoms with van der Waals surface area (Å²) in [6, 6.07) is 3.91. The topological polar surface area (TPSA) is 17.1 Å². The van der Waals surface area contributed by atoms with Crippen LogP contribution in [-0.4, -0.2) is 5.78 Å². The van der Waals surface area contributed by atoms with E-state index < -0.39 is 23.0 Å². The predicted octanol–water partition coefficient (Wildman–Crippen LogP) is 4.62. The maximum Gasteiger partial charge on any atom is 0.199 e. The maximum absolute atomic E-state index is 13.7. The van der Waals surface area contributed by atoms with Gasteiger partial charge in [-0.05, 0) is 56.7 Å². The molecule has 0 radical (unpaired) electrons. The zero-order chi connectivity index (χ0) is 12.6. The van der Waals surface area contributed by atoms with Gasteiger partial charge in [-0.2, -0.15) is 0 Å². The van der Waals surface area contributed by atoms with Crippen LogP contribution in [0.5, 0.6) is 0 Å². The second kappa shape index (κ2) is 5.11. The van der Waals surface area contributed by atoms with Crippen molar-refractivity contribution in [1.29, 1.82) is 0 Å². The predicted molar refractivity (Wildman–Crippen MR) is 74.5 cm³/mol. The second-order valence-electron chi connectivity index (χ2n) is 3.19. The number of carbonyl (C=O) groups is 1. The van der Waals surface area contributed by atoms with Gasteiger partial charge in [0.2, 0.25) is 0 Å². The van der Waals surface area contributed by atoms with E-state index in [1.807, 2.05) is 22.6 Å². The molecule has 0 aliphatic rings. The smallest absolute Gasteiger partial charge is 0.199 e. The van der Waals surface area contributed by atoms with Crippen molar-refractivity contribution in [2.45, 2.75) is 0 Å². The molecule has 0 aliphatic heterocycles. The van der Waals surface area contributed by atoms with Gasteiger partial charge in [-0.1, -0.05) is 0 Å².